The molecule has 0 bridgehead atoms. The van der Waals surface area contributed by atoms with Crippen LogP contribution < -0.4 is 5.32 Å². The van der Waals surface area contributed by atoms with E-state index in [4.69, 9.17) is 0 Å². The van der Waals surface area contributed by atoms with E-state index < -0.39 is 24.2 Å². The number of carbonyl (C=O) groups is 2. The van der Waals surface area contributed by atoms with Gasteiger partial charge in [0, 0.05) is 25.0 Å². The zero-order valence-electron chi connectivity index (χ0n) is 12.8. The van der Waals surface area contributed by atoms with E-state index in [9.17, 15) is 23.5 Å². The van der Waals surface area contributed by atoms with E-state index in [1.54, 1.807) is 0 Å². The smallest absolute Gasteiger partial charge is 0.317 e. The highest BCUT2D eigenvalue weighted by Crippen LogP contribution is 2.29. The lowest BCUT2D eigenvalue weighted by molar-refractivity contribution is -0.145. The number of likely N-dealkylation sites (tertiary alicyclic amines) is 1. The van der Waals surface area contributed by atoms with Crippen LogP contribution in [0.25, 0.3) is 0 Å². The van der Waals surface area contributed by atoms with Crippen LogP contribution in [0.15, 0.2) is 0 Å². The van der Waals surface area contributed by atoms with E-state index >= 15 is 0 Å². The molecule has 0 aromatic carbocycles. The van der Waals surface area contributed by atoms with Crippen LogP contribution in [0.4, 0.5) is 13.6 Å². The Bertz CT molecular complexity index is 412. The number of nitrogens with one attached hydrogen (secondary N) is 1. The molecule has 22 heavy (non-hydrogen) atoms. The van der Waals surface area contributed by atoms with Gasteiger partial charge in [-0.05, 0) is 38.0 Å². The van der Waals surface area contributed by atoms with Crippen LogP contribution in [0.2, 0.25) is 0 Å². The van der Waals surface area contributed by atoms with Crippen molar-refractivity contribution in [3.8, 4) is 0 Å². The topological polar surface area (TPSA) is 69.6 Å². The molecule has 5 nitrogen and oxygen atoms in total. The Labute approximate surface area is 129 Å². The van der Waals surface area contributed by atoms with Gasteiger partial charge in [0.1, 0.15) is 0 Å². The minimum Gasteiger partial charge on any atom is -0.481 e. The monoisotopic (exact) mass is 318 g/mol. The van der Waals surface area contributed by atoms with Crippen molar-refractivity contribution in [1.29, 1.82) is 0 Å². The average Bonchev–Trinajstić information content (AvgIpc) is 2.47. The lowest BCUT2D eigenvalue weighted by atomic mass is 9.86. The molecule has 0 spiro atoms. The van der Waals surface area contributed by atoms with Gasteiger partial charge < -0.3 is 15.3 Å². The lowest BCUT2D eigenvalue weighted by Crippen LogP contribution is -2.52. The predicted molar refractivity (Wildman–Crippen MR) is 76.8 cm³/mol. The molecule has 1 aliphatic carbocycles. The van der Waals surface area contributed by atoms with Gasteiger partial charge in [-0.2, -0.15) is 0 Å². The van der Waals surface area contributed by atoms with Crippen molar-refractivity contribution in [2.24, 2.45) is 17.8 Å². The van der Waals surface area contributed by atoms with Crippen molar-refractivity contribution in [3.05, 3.63) is 0 Å². The number of urea groups is 1. The molecular weight excluding hydrogens is 294 g/mol. The first kappa shape index (κ1) is 17.0. The van der Waals surface area contributed by atoms with Crippen LogP contribution >= 0.6 is 0 Å². The summed E-state index contributed by atoms with van der Waals surface area (Å²) in [6.45, 7) is 2.65. The van der Waals surface area contributed by atoms with Gasteiger partial charge in [-0.25, -0.2) is 13.6 Å². The standard InChI is InChI=1S/C15H24F2N2O3/c1-9-6-7-19(8-12(9)14(20)21)15(22)18-11-4-2-10(3-5-11)13(16)17/h9-13H,2-8H2,1H3,(H,18,22)(H,20,21). The van der Waals surface area contributed by atoms with Gasteiger partial charge in [-0.15, -0.1) is 0 Å². The number of alkyl halides is 2. The largest absolute Gasteiger partial charge is 0.481 e. The SMILES string of the molecule is CC1CCN(C(=O)NC2CCC(C(F)F)CC2)CC1C(=O)O. The van der Waals surface area contributed by atoms with Crippen molar-refractivity contribution in [1.82, 2.24) is 10.2 Å². The maximum atomic E-state index is 12.6. The number of piperidine rings is 1. The van der Waals surface area contributed by atoms with Gasteiger partial charge in [-0.1, -0.05) is 6.92 Å². The lowest BCUT2D eigenvalue weighted by Gasteiger charge is -2.36. The molecule has 1 saturated heterocycles. The maximum absolute atomic E-state index is 12.6. The fraction of sp³-hybridized carbons (Fsp3) is 0.867. The van der Waals surface area contributed by atoms with Gasteiger partial charge >= 0.3 is 12.0 Å². The summed E-state index contributed by atoms with van der Waals surface area (Å²) in [5.74, 6) is -1.90. The molecule has 2 aliphatic rings. The number of carboxylic acid groups (broad SMARTS) is 1. The maximum Gasteiger partial charge on any atom is 0.317 e. The first-order chi connectivity index (χ1) is 10.4. The number of rotatable bonds is 3. The zero-order valence-corrected chi connectivity index (χ0v) is 12.8. The molecule has 2 N–H and O–H groups in total. The summed E-state index contributed by atoms with van der Waals surface area (Å²) in [7, 11) is 0. The third kappa shape index (κ3) is 4.08. The summed E-state index contributed by atoms with van der Waals surface area (Å²) < 4.78 is 25.2. The average molecular weight is 318 g/mol. The Morgan fingerprint density at radius 2 is 1.82 bits per heavy atom. The van der Waals surface area contributed by atoms with Gasteiger partial charge in [0.25, 0.3) is 0 Å². The van der Waals surface area contributed by atoms with Crippen LogP contribution in [0.1, 0.15) is 39.0 Å². The zero-order chi connectivity index (χ0) is 16.3. The quantitative estimate of drug-likeness (QED) is 0.840. The van der Waals surface area contributed by atoms with Crippen molar-refractivity contribution >= 4 is 12.0 Å². The summed E-state index contributed by atoms with van der Waals surface area (Å²) >= 11 is 0. The highest BCUT2D eigenvalue weighted by molar-refractivity contribution is 5.77. The highest BCUT2D eigenvalue weighted by atomic mass is 19.3. The molecule has 2 rings (SSSR count). The number of amides is 2. The first-order valence-electron chi connectivity index (χ1n) is 7.95. The molecule has 2 amide bonds. The summed E-state index contributed by atoms with van der Waals surface area (Å²) in [5, 5.41) is 12.1. The van der Waals surface area contributed by atoms with E-state index in [-0.39, 0.29) is 24.5 Å². The predicted octanol–water partition coefficient (Wildman–Crippen LogP) is 2.56. The minimum absolute atomic E-state index is 0.0584. The van der Waals surface area contributed by atoms with Gasteiger partial charge in [0.2, 0.25) is 6.43 Å². The Hall–Kier alpha value is -1.40. The fourth-order valence-electron chi connectivity index (χ4n) is 3.36. The summed E-state index contributed by atoms with van der Waals surface area (Å²) in [6.07, 6.45) is 0.370. The normalized spacial score (nSPS) is 32.8. The minimum atomic E-state index is -2.28. The van der Waals surface area contributed by atoms with E-state index in [1.807, 2.05) is 6.92 Å². The Balaban J connectivity index is 1.81. The number of carbonyl (C=O) groups excluding carboxylic acids is 1. The summed E-state index contributed by atoms with van der Waals surface area (Å²) in [4.78, 5) is 25.0. The van der Waals surface area contributed by atoms with Gasteiger partial charge in [0.05, 0.1) is 5.92 Å². The van der Waals surface area contributed by atoms with Crippen LogP contribution in [-0.2, 0) is 4.79 Å². The van der Waals surface area contributed by atoms with Gasteiger partial charge in [0.15, 0.2) is 0 Å². The number of nitrogens with zero attached hydrogens (tertiary/aromatic N) is 1. The second-order valence-electron chi connectivity index (χ2n) is 6.55. The molecule has 2 unspecified atom stereocenters. The van der Waals surface area contributed by atoms with E-state index in [2.05, 4.69) is 5.32 Å². The summed E-state index contributed by atoms with van der Waals surface area (Å²) in [5.41, 5.74) is 0. The molecule has 2 fully saturated rings. The molecule has 1 saturated carbocycles. The number of halogens is 2. The Morgan fingerprint density at radius 1 is 1.18 bits per heavy atom. The van der Waals surface area contributed by atoms with Crippen molar-refractivity contribution < 1.29 is 23.5 Å². The molecule has 2 atom stereocenters. The van der Waals surface area contributed by atoms with Crippen molar-refractivity contribution in [2.75, 3.05) is 13.1 Å². The van der Waals surface area contributed by atoms with Crippen molar-refractivity contribution in [3.63, 3.8) is 0 Å². The number of carboxylic acids is 1. The number of hydrogen-bond acceptors (Lipinski definition) is 2. The first-order valence-corrected chi connectivity index (χ1v) is 7.95. The second kappa shape index (κ2) is 7.24. The Morgan fingerprint density at radius 3 is 2.36 bits per heavy atom. The van der Waals surface area contributed by atoms with Crippen LogP contribution in [-0.4, -0.2) is 47.6 Å². The molecule has 0 aromatic heterocycles. The second-order valence-corrected chi connectivity index (χ2v) is 6.55. The third-order valence-electron chi connectivity index (χ3n) is 5.02. The van der Waals surface area contributed by atoms with Crippen LogP contribution in [0, 0.1) is 17.8 Å². The molecular formula is C15H24F2N2O3. The van der Waals surface area contributed by atoms with E-state index in [0.717, 1.165) is 0 Å². The molecule has 0 aromatic rings. The van der Waals surface area contributed by atoms with E-state index in [0.29, 0.717) is 38.6 Å². The molecule has 126 valence electrons. The third-order valence-corrected chi connectivity index (χ3v) is 5.02. The van der Waals surface area contributed by atoms with Gasteiger partial charge in [-0.3, -0.25) is 4.79 Å². The fourth-order valence-corrected chi connectivity index (χ4v) is 3.36. The molecule has 1 heterocycles. The number of hydrogen-bond donors (Lipinski definition) is 2. The molecule has 0 radical (unpaired) electrons. The van der Waals surface area contributed by atoms with E-state index in [1.165, 1.54) is 4.90 Å². The van der Waals surface area contributed by atoms with Crippen LogP contribution in [0.3, 0.4) is 0 Å². The van der Waals surface area contributed by atoms with Crippen molar-refractivity contribution in [2.45, 2.75) is 51.5 Å². The Kier molecular flexibility index (Phi) is 5.58. The highest BCUT2D eigenvalue weighted by Gasteiger charge is 2.34. The van der Waals surface area contributed by atoms with Crippen LogP contribution in [0.5, 0.6) is 0 Å². The molecule has 1 aliphatic heterocycles. The number of aliphatic carboxylic acids is 1. The summed E-state index contributed by atoms with van der Waals surface area (Å²) in [6, 6.07) is -0.344. The molecule has 7 heteroatoms.